The maximum atomic E-state index is 13.6. The highest BCUT2D eigenvalue weighted by atomic mass is 79.9. The standard InChI is InChI=1S/C14H10BrClFNO/c1-8-6-9(2-4-11(8)16)14(19)18-13-5-3-10(15)7-12(13)17/h2-7H,1H3,(H,18,19). The lowest BCUT2D eigenvalue weighted by Crippen LogP contribution is -2.13. The summed E-state index contributed by atoms with van der Waals surface area (Å²) in [5, 5.41) is 3.11. The molecule has 2 rings (SSSR count). The third-order valence-electron chi connectivity index (χ3n) is 2.60. The van der Waals surface area contributed by atoms with Gasteiger partial charge in [0.15, 0.2) is 0 Å². The lowest BCUT2D eigenvalue weighted by atomic mass is 10.1. The Labute approximate surface area is 123 Å². The Hall–Kier alpha value is -1.39. The van der Waals surface area contributed by atoms with E-state index in [4.69, 9.17) is 11.6 Å². The molecular weight excluding hydrogens is 333 g/mol. The number of halogens is 3. The summed E-state index contributed by atoms with van der Waals surface area (Å²) in [4.78, 5) is 12.0. The summed E-state index contributed by atoms with van der Waals surface area (Å²) >= 11 is 9.05. The number of nitrogens with one attached hydrogen (secondary N) is 1. The predicted octanol–water partition coefficient (Wildman–Crippen LogP) is 4.80. The highest BCUT2D eigenvalue weighted by Crippen LogP contribution is 2.21. The van der Waals surface area contributed by atoms with E-state index in [0.29, 0.717) is 15.1 Å². The van der Waals surface area contributed by atoms with Crippen molar-refractivity contribution < 1.29 is 9.18 Å². The van der Waals surface area contributed by atoms with Gasteiger partial charge in [-0.2, -0.15) is 0 Å². The van der Waals surface area contributed by atoms with Gasteiger partial charge in [-0.25, -0.2) is 4.39 Å². The molecule has 0 atom stereocenters. The van der Waals surface area contributed by atoms with Gasteiger partial charge in [-0.1, -0.05) is 27.5 Å². The van der Waals surface area contributed by atoms with Crippen LogP contribution in [0.4, 0.5) is 10.1 Å². The molecule has 98 valence electrons. The minimum Gasteiger partial charge on any atom is -0.319 e. The second-order valence-corrected chi connectivity index (χ2v) is 5.37. The number of hydrogen-bond acceptors (Lipinski definition) is 1. The first-order valence-electron chi connectivity index (χ1n) is 5.50. The van der Waals surface area contributed by atoms with E-state index >= 15 is 0 Å². The number of carbonyl (C=O) groups is 1. The third-order valence-corrected chi connectivity index (χ3v) is 3.52. The van der Waals surface area contributed by atoms with Crippen LogP contribution < -0.4 is 5.32 Å². The molecule has 0 aliphatic rings. The van der Waals surface area contributed by atoms with Gasteiger partial charge in [0.25, 0.3) is 5.91 Å². The number of hydrogen-bond donors (Lipinski definition) is 1. The first kappa shape index (κ1) is 14.0. The van der Waals surface area contributed by atoms with E-state index in [1.807, 2.05) is 0 Å². The van der Waals surface area contributed by atoms with Crippen LogP contribution in [0, 0.1) is 12.7 Å². The van der Waals surface area contributed by atoms with E-state index < -0.39 is 5.82 Å². The molecule has 2 aromatic rings. The molecule has 0 bridgehead atoms. The fraction of sp³-hybridized carbons (Fsp3) is 0.0714. The number of rotatable bonds is 2. The van der Waals surface area contributed by atoms with E-state index in [-0.39, 0.29) is 11.6 Å². The Kier molecular flexibility index (Phi) is 4.22. The number of carbonyl (C=O) groups excluding carboxylic acids is 1. The Morgan fingerprint density at radius 1 is 1.26 bits per heavy atom. The quantitative estimate of drug-likeness (QED) is 0.834. The van der Waals surface area contributed by atoms with Crippen LogP contribution in [0.2, 0.25) is 5.02 Å². The molecule has 0 radical (unpaired) electrons. The predicted molar refractivity (Wildman–Crippen MR) is 78.2 cm³/mol. The molecule has 0 aromatic heterocycles. The molecule has 2 aromatic carbocycles. The average molecular weight is 343 g/mol. The van der Waals surface area contributed by atoms with Crippen LogP contribution in [0.3, 0.4) is 0 Å². The number of anilines is 1. The summed E-state index contributed by atoms with van der Waals surface area (Å²) in [6.07, 6.45) is 0. The van der Waals surface area contributed by atoms with Gasteiger partial charge in [0.05, 0.1) is 5.69 Å². The molecule has 5 heteroatoms. The first-order chi connectivity index (χ1) is 8.97. The summed E-state index contributed by atoms with van der Waals surface area (Å²) in [5.41, 5.74) is 1.37. The first-order valence-corrected chi connectivity index (χ1v) is 6.67. The van der Waals surface area contributed by atoms with Crippen LogP contribution in [-0.2, 0) is 0 Å². The second-order valence-electron chi connectivity index (χ2n) is 4.04. The Balaban J connectivity index is 2.23. The molecule has 0 fully saturated rings. The molecule has 2 nitrogen and oxygen atoms in total. The lowest BCUT2D eigenvalue weighted by molar-refractivity contribution is 0.102. The fourth-order valence-corrected chi connectivity index (χ4v) is 2.02. The van der Waals surface area contributed by atoms with Crippen LogP contribution >= 0.6 is 27.5 Å². The maximum Gasteiger partial charge on any atom is 0.255 e. The van der Waals surface area contributed by atoms with Gasteiger partial charge in [-0.15, -0.1) is 0 Å². The van der Waals surface area contributed by atoms with E-state index in [1.54, 1.807) is 31.2 Å². The van der Waals surface area contributed by atoms with Crippen molar-refractivity contribution in [3.05, 3.63) is 62.8 Å². The van der Waals surface area contributed by atoms with Gasteiger partial charge in [-0.05, 0) is 48.9 Å². The zero-order valence-corrected chi connectivity index (χ0v) is 12.3. The normalized spacial score (nSPS) is 10.3. The lowest BCUT2D eigenvalue weighted by Gasteiger charge is -2.08. The van der Waals surface area contributed by atoms with Crippen molar-refractivity contribution in [3.8, 4) is 0 Å². The molecule has 0 spiro atoms. The minimum atomic E-state index is -0.492. The zero-order chi connectivity index (χ0) is 14.0. The Bertz CT molecular complexity index is 645. The van der Waals surface area contributed by atoms with E-state index in [9.17, 15) is 9.18 Å². The largest absolute Gasteiger partial charge is 0.319 e. The van der Waals surface area contributed by atoms with Crippen LogP contribution in [0.5, 0.6) is 0 Å². The van der Waals surface area contributed by atoms with Crippen LogP contribution in [0.1, 0.15) is 15.9 Å². The zero-order valence-electron chi connectivity index (χ0n) is 10.0. The van der Waals surface area contributed by atoms with Crippen LogP contribution in [0.25, 0.3) is 0 Å². The van der Waals surface area contributed by atoms with E-state index in [2.05, 4.69) is 21.2 Å². The molecule has 0 heterocycles. The van der Waals surface area contributed by atoms with Gasteiger partial charge in [0.1, 0.15) is 5.82 Å². The molecule has 19 heavy (non-hydrogen) atoms. The van der Waals surface area contributed by atoms with Crippen molar-refractivity contribution >= 4 is 39.1 Å². The smallest absolute Gasteiger partial charge is 0.255 e. The molecule has 1 N–H and O–H groups in total. The molecule has 0 aliphatic heterocycles. The molecule has 1 amide bonds. The molecule has 0 unspecified atom stereocenters. The molecule has 0 saturated carbocycles. The highest BCUT2D eigenvalue weighted by Gasteiger charge is 2.10. The maximum absolute atomic E-state index is 13.6. The summed E-state index contributed by atoms with van der Waals surface area (Å²) in [7, 11) is 0. The van der Waals surface area contributed by atoms with Gasteiger partial charge in [-0.3, -0.25) is 4.79 Å². The second kappa shape index (κ2) is 5.72. The van der Waals surface area contributed by atoms with Gasteiger partial charge in [0.2, 0.25) is 0 Å². The van der Waals surface area contributed by atoms with Crippen LogP contribution in [-0.4, -0.2) is 5.91 Å². The summed E-state index contributed by atoms with van der Waals surface area (Å²) < 4.78 is 14.2. The van der Waals surface area contributed by atoms with Crippen molar-refractivity contribution in [2.75, 3.05) is 5.32 Å². The Morgan fingerprint density at radius 2 is 2.00 bits per heavy atom. The SMILES string of the molecule is Cc1cc(C(=O)Nc2ccc(Br)cc2F)ccc1Cl. The summed E-state index contributed by atoms with van der Waals surface area (Å²) in [5.74, 6) is -0.866. The van der Waals surface area contributed by atoms with Gasteiger partial charge in [0, 0.05) is 15.1 Å². The molecular formula is C14H10BrClFNO. The van der Waals surface area contributed by atoms with Gasteiger partial charge < -0.3 is 5.32 Å². The number of aryl methyl sites for hydroxylation is 1. The molecule has 0 saturated heterocycles. The summed E-state index contributed by atoms with van der Waals surface area (Å²) in [6.45, 7) is 1.80. The average Bonchev–Trinajstić information content (AvgIpc) is 2.36. The number of amides is 1. The van der Waals surface area contributed by atoms with Crippen molar-refractivity contribution in [1.29, 1.82) is 0 Å². The fourth-order valence-electron chi connectivity index (χ4n) is 1.57. The summed E-state index contributed by atoms with van der Waals surface area (Å²) in [6, 6.07) is 9.36. The van der Waals surface area contributed by atoms with Crippen molar-refractivity contribution in [1.82, 2.24) is 0 Å². The monoisotopic (exact) mass is 341 g/mol. The van der Waals surface area contributed by atoms with E-state index in [0.717, 1.165) is 5.56 Å². The highest BCUT2D eigenvalue weighted by molar-refractivity contribution is 9.10. The van der Waals surface area contributed by atoms with Crippen LogP contribution in [0.15, 0.2) is 40.9 Å². The Morgan fingerprint density at radius 3 is 2.63 bits per heavy atom. The molecule has 0 aliphatic carbocycles. The van der Waals surface area contributed by atoms with Crippen molar-refractivity contribution in [2.45, 2.75) is 6.92 Å². The van der Waals surface area contributed by atoms with Crippen molar-refractivity contribution in [2.24, 2.45) is 0 Å². The topological polar surface area (TPSA) is 29.1 Å². The van der Waals surface area contributed by atoms with E-state index in [1.165, 1.54) is 12.1 Å². The third kappa shape index (κ3) is 3.33. The van der Waals surface area contributed by atoms with Crippen molar-refractivity contribution in [3.63, 3.8) is 0 Å². The number of benzene rings is 2. The minimum absolute atomic E-state index is 0.140. The van der Waals surface area contributed by atoms with Gasteiger partial charge >= 0.3 is 0 Å².